The molecule has 1 N–H and O–H groups in total. The quantitative estimate of drug-likeness (QED) is 0.210. The van der Waals surface area contributed by atoms with E-state index < -0.39 is 15.9 Å². The SMILES string of the molecule is O=S(=O)([O-])C/C(=N/O)c1ccccc1.[K+]. The van der Waals surface area contributed by atoms with Crippen LogP contribution in [0.15, 0.2) is 35.5 Å². The molecule has 0 aromatic heterocycles. The Labute approximate surface area is 130 Å². The second-order valence-electron chi connectivity index (χ2n) is 2.61. The molecule has 7 heteroatoms. The van der Waals surface area contributed by atoms with Crippen molar-refractivity contribution >= 4 is 15.8 Å². The predicted octanol–water partition coefficient (Wildman–Crippen LogP) is -2.59. The topological polar surface area (TPSA) is 89.8 Å². The molecule has 0 aliphatic heterocycles. The molecule has 1 aromatic carbocycles. The maximum Gasteiger partial charge on any atom is 1.00 e. The van der Waals surface area contributed by atoms with E-state index in [0.717, 1.165) is 0 Å². The van der Waals surface area contributed by atoms with Gasteiger partial charge >= 0.3 is 51.4 Å². The van der Waals surface area contributed by atoms with Gasteiger partial charge in [0.05, 0.1) is 5.75 Å². The summed E-state index contributed by atoms with van der Waals surface area (Å²) in [5, 5.41) is 11.3. The zero-order chi connectivity index (χ0) is 10.6. The Hall–Kier alpha value is 0.236. The Morgan fingerprint density at radius 2 is 1.87 bits per heavy atom. The van der Waals surface area contributed by atoms with Crippen LogP contribution in [0.3, 0.4) is 0 Å². The van der Waals surface area contributed by atoms with Gasteiger partial charge in [-0.15, -0.1) is 0 Å². The van der Waals surface area contributed by atoms with Crippen molar-refractivity contribution in [1.82, 2.24) is 0 Å². The number of hydrogen-bond donors (Lipinski definition) is 1. The fourth-order valence-electron chi connectivity index (χ4n) is 0.968. The second-order valence-corrected chi connectivity index (χ2v) is 4.02. The first-order chi connectivity index (χ1) is 6.53. The predicted molar refractivity (Wildman–Crippen MR) is 49.3 cm³/mol. The minimum atomic E-state index is -4.42. The third-order valence-corrected chi connectivity index (χ3v) is 2.17. The average Bonchev–Trinajstić information content (AvgIpc) is 2.14. The van der Waals surface area contributed by atoms with Crippen LogP contribution in [0.5, 0.6) is 0 Å². The monoisotopic (exact) mass is 253 g/mol. The molecule has 0 aliphatic carbocycles. The summed E-state index contributed by atoms with van der Waals surface area (Å²) in [4.78, 5) is 0. The minimum absolute atomic E-state index is 0. The van der Waals surface area contributed by atoms with Crippen LogP contribution < -0.4 is 51.4 Å². The Bertz CT molecular complexity index is 429. The van der Waals surface area contributed by atoms with E-state index in [1.807, 2.05) is 0 Å². The maximum absolute atomic E-state index is 10.4. The third kappa shape index (κ3) is 5.76. The molecular weight excluding hydrogens is 245 g/mol. The van der Waals surface area contributed by atoms with Crippen molar-refractivity contribution in [3.05, 3.63) is 35.9 Å². The van der Waals surface area contributed by atoms with E-state index in [1.54, 1.807) is 30.3 Å². The Morgan fingerprint density at radius 1 is 1.33 bits per heavy atom. The Balaban J connectivity index is 0.00000196. The molecule has 5 nitrogen and oxygen atoms in total. The molecule has 1 aromatic rings. The van der Waals surface area contributed by atoms with Crippen molar-refractivity contribution < 1.29 is 69.6 Å². The Morgan fingerprint density at radius 3 is 2.27 bits per heavy atom. The van der Waals surface area contributed by atoms with Crippen molar-refractivity contribution in [2.45, 2.75) is 0 Å². The van der Waals surface area contributed by atoms with Crippen molar-refractivity contribution in [2.75, 3.05) is 5.75 Å². The van der Waals surface area contributed by atoms with E-state index in [4.69, 9.17) is 5.21 Å². The van der Waals surface area contributed by atoms with Crippen molar-refractivity contribution in [3.63, 3.8) is 0 Å². The van der Waals surface area contributed by atoms with Gasteiger partial charge in [0.25, 0.3) is 0 Å². The van der Waals surface area contributed by atoms with Crippen molar-refractivity contribution in [1.29, 1.82) is 0 Å². The molecule has 0 bridgehead atoms. The summed E-state index contributed by atoms with van der Waals surface area (Å²) in [6.07, 6.45) is 0. The summed E-state index contributed by atoms with van der Waals surface area (Å²) in [5.74, 6) is -0.812. The van der Waals surface area contributed by atoms with Gasteiger partial charge in [0, 0.05) is 5.56 Å². The molecule has 0 saturated heterocycles. The summed E-state index contributed by atoms with van der Waals surface area (Å²) in [5.41, 5.74) is 0.259. The molecular formula is C8H8KNO4S. The van der Waals surface area contributed by atoms with Gasteiger partial charge in [-0.25, -0.2) is 8.42 Å². The van der Waals surface area contributed by atoms with Crippen LogP contribution in [0.4, 0.5) is 0 Å². The van der Waals surface area contributed by atoms with Crippen LogP contribution in [0.25, 0.3) is 0 Å². The van der Waals surface area contributed by atoms with Gasteiger partial charge in [-0.1, -0.05) is 35.5 Å². The van der Waals surface area contributed by atoms with E-state index in [1.165, 1.54) is 0 Å². The average molecular weight is 253 g/mol. The van der Waals surface area contributed by atoms with Crippen LogP contribution >= 0.6 is 0 Å². The van der Waals surface area contributed by atoms with Gasteiger partial charge in [-0.3, -0.25) is 0 Å². The van der Waals surface area contributed by atoms with Gasteiger partial charge in [0.2, 0.25) is 0 Å². The molecule has 0 fully saturated rings. The zero-order valence-corrected chi connectivity index (χ0v) is 12.1. The number of hydrogen-bond acceptors (Lipinski definition) is 5. The normalized spacial score (nSPS) is 11.9. The van der Waals surface area contributed by atoms with E-state index in [2.05, 4.69) is 5.16 Å². The largest absolute Gasteiger partial charge is 1.00 e. The summed E-state index contributed by atoms with van der Waals surface area (Å²) >= 11 is 0. The van der Waals surface area contributed by atoms with E-state index in [-0.39, 0.29) is 57.1 Å². The first-order valence-electron chi connectivity index (χ1n) is 3.73. The first kappa shape index (κ1) is 15.2. The summed E-state index contributed by atoms with van der Waals surface area (Å²) < 4.78 is 31.3. The van der Waals surface area contributed by atoms with Gasteiger partial charge in [-0.2, -0.15) is 0 Å². The fraction of sp³-hybridized carbons (Fsp3) is 0.125. The van der Waals surface area contributed by atoms with E-state index in [0.29, 0.717) is 5.56 Å². The smallest absolute Gasteiger partial charge is 0.748 e. The zero-order valence-electron chi connectivity index (χ0n) is 8.12. The molecule has 1 rings (SSSR count). The van der Waals surface area contributed by atoms with Gasteiger partial charge in [0.15, 0.2) is 0 Å². The molecule has 0 spiro atoms. The van der Waals surface area contributed by atoms with Crippen LogP contribution in [0.2, 0.25) is 0 Å². The molecule has 0 saturated carbocycles. The molecule has 0 aliphatic rings. The molecule has 15 heavy (non-hydrogen) atoms. The van der Waals surface area contributed by atoms with Gasteiger partial charge < -0.3 is 9.76 Å². The maximum atomic E-state index is 10.4. The third-order valence-electron chi connectivity index (χ3n) is 1.54. The molecule has 0 amide bonds. The number of oxime groups is 1. The Kier molecular flexibility index (Phi) is 6.85. The van der Waals surface area contributed by atoms with Crippen LogP contribution in [0, 0.1) is 0 Å². The number of rotatable bonds is 3. The van der Waals surface area contributed by atoms with Crippen LogP contribution in [0.1, 0.15) is 5.56 Å². The summed E-state index contributed by atoms with van der Waals surface area (Å²) in [7, 11) is -4.42. The molecule has 0 radical (unpaired) electrons. The first-order valence-corrected chi connectivity index (χ1v) is 5.30. The van der Waals surface area contributed by atoms with E-state index in [9.17, 15) is 13.0 Å². The second kappa shape index (κ2) is 6.74. The van der Waals surface area contributed by atoms with Crippen molar-refractivity contribution in [3.8, 4) is 0 Å². The standard InChI is InChI=1S/C8H9NO4S.K/c10-9-8(6-14(11,12)13)7-4-2-1-3-5-7;/h1-5,10H,6H2,(H,11,12,13);/q;+1/p-1/b9-8-;. The minimum Gasteiger partial charge on any atom is -0.748 e. The molecule has 0 heterocycles. The van der Waals surface area contributed by atoms with Gasteiger partial charge in [-0.05, 0) is 0 Å². The molecule has 0 atom stereocenters. The van der Waals surface area contributed by atoms with E-state index >= 15 is 0 Å². The molecule has 0 unspecified atom stereocenters. The number of nitrogens with zero attached hydrogens (tertiary/aromatic N) is 1. The summed E-state index contributed by atoms with van der Waals surface area (Å²) in [6.45, 7) is 0. The van der Waals surface area contributed by atoms with Crippen LogP contribution in [-0.2, 0) is 10.1 Å². The fourth-order valence-corrected chi connectivity index (χ4v) is 1.53. The molecule has 76 valence electrons. The number of benzene rings is 1. The van der Waals surface area contributed by atoms with Crippen LogP contribution in [-0.4, -0.2) is 29.6 Å². The van der Waals surface area contributed by atoms with Gasteiger partial charge in [0.1, 0.15) is 15.8 Å². The summed E-state index contributed by atoms with van der Waals surface area (Å²) in [6, 6.07) is 8.14. The van der Waals surface area contributed by atoms with Crippen molar-refractivity contribution in [2.24, 2.45) is 5.16 Å².